The van der Waals surface area contributed by atoms with Gasteiger partial charge in [0, 0.05) is 44.2 Å². The molecule has 0 bridgehead atoms. The first kappa shape index (κ1) is 37.8. The average molecular weight is 662 g/mol. The number of carbonyl (C=O) groups is 2. The number of para-hydroxylation sites is 2. The third kappa shape index (κ3) is 12.6. The highest BCUT2D eigenvalue weighted by Crippen LogP contribution is 2.27. The Morgan fingerprint density at radius 3 is 1.98 bits per heavy atom. The van der Waals surface area contributed by atoms with Crippen LogP contribution in [0, 0.1) is 5.92 Å². The zero-order valence-corrected chi connectivity index (χ0v) is 25.5. The molecule has 0 aliphatic heterocycles. The van der Waals surface area contributed by atoms with Crippen molar-refractivity contribution in [3.05, 3.63) is 54.1 Å². The number of nitrogens with zero attached hydrogens (tertiary/aromatic N) is 3. The van der Waals surface area contributed by atoms with Gasteiger partial charge in [-0.05, 0) is 56.7 Å². The molecule has 0 amide bonds. The fourth-order valence-electron chi connectivity index (χ4n) is 4.49. The molecule has 46 heavy (non-hydrogen) atoms. The van der Waals surface area contributed by atoms with E-state index in [4.69, 9.17) is 34.5 Å². The number of hydrogen-bond acceptors (Lipinski definition) is 8. The van der Waals surface area contributed by atoms with E-state index in [1.165, 1.54) is 31.2 Å². The number of nitrogens with one attached hydrogen (secondary N) is 2. The molecule has 4 N–H and O–H groups in total. The number of fused-ring (bicyclic) bond motifs is 1. The molecule has 4 rings (SSSR count). The maximum Gasteiger partial charge on any atom is 0.490 e. The summed E-state index contributed by atoms with van der Waals surface area (Å²) in [5.41, 5.74) is 2.22. The minimum Gasteiger partial charge on any atom is -0.494 e. The van der Waals surface area contributed by atoms with E-state index in [1.807, 2.05) is 39.2 Å². The molecule has 1 aromatic heterocycles. The van der Waals surface area contributed by atoms with Crippen LogP contribution in [-0.4, -0.2) is 77.8 Å². The maximum atomic E-state index is 10.6. The molecule has 1 heterocycles. The van der Waals surface area contributed by atoms with Crippen LogP contribution in [0.1, 0.15) is 38.2 Å². The van der Waals surface area contributed by atoms with Gasteiger partial charge in [-0.15, -0.1) is 0 Å². The van der Waals surface area contributed by atoms with Gasteiger partial charge in [-0.3, -0.25) is 0 Å². The first-order valence-electron chi connectivity index (χ1n) is 14.2. The van der Waals surface area contributed by atoms with Gasteiger partial charge in [-0.1, -0.05) is 30.3 Å². The maximum absolute atomic E-state index is 10.6. The minimum atomic E-state index is -5.08. The average Bonchev–Trinajstić information content (AvgIpc) is 2.99. The van der Waals surface area contributed by atoms with Gasteiger partial charge in [0.15, 0.2) is 0 Å². The molecule has 16 heteroatoms. The van der Waals surface area contributed by atoms with Gasteiger partial charge in [0.25, 0.3) is 0 Å². The molecule has 2 aromatic carbocycles. The number of rotatable bonds is 9. The molecule has 0 radical (unpaired) electrons. The van der Waals surface area contributed by atoms with Crippen molar-refractivity contribution in [1.82, 2.24) is 15.3 Å². The molecule has 0 atom stereocenters. The van der Waals surface area contributed by atoms with Crippen LogP contribution < -0.4 is 20.3 Å². The first-order valence-corrected chi connectivity index (χ1v) is 14.2. The summed E-state index contributed by atoms with van der Waals surface area (Å²) in [6, 6.07) is 17.1. The fourth-order valence-corrected chi connectivity index (χ4v) is 4.49. The van der Waals surface area contributed by atoms with Crippen LogP contribution in [0.25, 0.3) is 10.9 Å². The Morgan fingerprint density at radius 2 is 1.43 bits per heavy atom. The third-order valence-corrected chi connectivity index (χ3v) is 6.74. The number of hydrogen-bond donors (Lipinski definition) is 4. The number of aromatic nitrogens is 2. The summed E-state index contributed by atoms with van der Waals surface area (Å²) in [7, 11) is 4.05. The van der Waals surface area contributed by atoms with E-state index in [1.54, 1.807) is 0 Å². The summed E-state index contributed by atoms with van der Waals surface area (Å²) in [5, 5.41) is 22.6. The van der Waals surface area contributed by atoms with Gasteiger partial charge in [0.1, 0.15) is 11.6 Å². The summed E-state index contributed by atoms with van der Waals surface area (Å²) < 4.78 is 69.2. The summed E-state index contributed by atoms with van der Waals surface area (Å²) in [6.45, 7) is 4.52. The Morgan fingerprint density at radius 1 is 0.891 bits per heavy atom. The summed E-state index contributed by atoms with van der Waals surface area (Å²) in [6.07, 6.45) is -5.34. The number of aliphatic carboxylic acids is 2. The van der Waals surface area contributed by atoms with Gasteiger partial charge < -0.3 is 30.5 Å². The van der Waals surface area contributed by atoms with Crippen LogP contribution in [0.15, 0.2) is 48.5 Å². The molecule has 3 aromatic rings. The predicted molar refractivity (Wildman–Crippen MR) is 160 cm³/mol. The Labute approximate surface area is 261 Å². The molecular formula is C30H37F6N5O5. The highest BCUT2D eigenvalue weighted by atomic mass is 19.4. The number of carboxylic acid groups (broad SMARTS) is 2. The number of alkyl halides is 6. The molecule has 0 spiro atoms. The Bertz CT molecular complexity index is 1390. The topological polar surface area (TPSA) is 137 Å². The Balaban J connectivity index is 0.000000440. The lowest BCUT2D eigenvalue weighted by Crippen LogP contribution is -2.34. The molecule has 1 aliphatic carbocycles. The van der Waals surface area contributed by atoms with Gasteiger partial charge in [0.2, 0.25) is 5.95 Å². The molecule has 1 saturated carbocycles. The monoisotopic (exact) mass is 661 g/mol. The van der Waals surface area contributed by atoms with E-state index >= 15 is 0 Å². The number of anilines is 2. The second-order valence-corrected chi connectivity index (χ2v) is 10.4. The van der Waals surface area contributed by atoms with Crippen molar-refractivity contribution in [3.8, 4) is 5.75 Å². The van der Waals surface area contributed by atoms with Crippen molar-refractivity contribution >= 4 is 34.6 Å². The normalized spacial score (nSPS) is 16.3. The lowest BCUT2D eigenvalue weighted by molar-refractivity contribution is -0.193. The van der Waals surface area contributed by atoms with Gasteiger partial charge in [0.05, 0.1) is 12.1 Å². The highest BCUT2D eigenvalue weighted by molar-refractivity contribution is 5.90. The zero-order valence-electron chi connectivity index (χ0n) is 25.5. The predicted octanol–water partition coefficient (Wildman–Crippen LogP) is 6.12. The number of carboxylic acids is 2. The lowest BCUT2D eigenvalue weighted by Gasteiger charge is -2.29. The van der Waals surface area contributed by atoms with Crippen LogP contribution in [0.4, 0.5) is 38.1 Å². The van der Waals surface area contributed by atoms with Crippen LogP contribution in [0.3, 0.4) is 0 Å². The van der Waals surface area contributed by atoms with Crippen molar-refractivity contribution in [2.75, 3.05) is 37.5 Å². The minimum absolute atomic E-state index is 0.568. The van der Waals surface area contributed by atoms with Crippen molar-refractivity contribution in [1.29, 1.82) is 0 Å². The van der Waals surface area contributed by atoms with E-state index in [9.17, 15) is 26.3 Å². The molecule has 1 aliphatic rings. The van der Waals surface area contributed by atoms with Crippen LogP contribution in [0.5, 0.6) is 5.75 Å². The molecule has 10 nitrogen and oxygen atoms in total. The van der Waals surface area contributed by atoms with Gasteiger partial charge in [-0.25, -0.2) is 14.6 Å². The number of halogens is 6. The summed E-state index contributed by atoms with van der Waals surface area (Å²) in [4.78, 5) is 29.3. The first-order chi connectivity index (χ1) is 21.5. The number of benzene rings is 2. The highest BCUT2D eigenvalue weighted by Gasteiger charge is 2.38. The van der Waals surface area contributed by atoms with E-state index < -0.39 is 24.3 Å². The summed E-state index contributed by atoms with van der Waals surface area (Å²) in [5.74, 6) is -2.19. The molecule has 254 valence electrons. The smallest absolute Gasteiger partial charge is 0.490 e. The number of ether oxygens (including phenoxy) is 1. The standard InChI is InChI=1S/C26H35N5O.2C2HF3O2/c1-4-32-24-12-8-5-9-20(24)18-27-21-15-13-19(14-16-21)17-28-26-29-23-11-7-6-10-22(23)25(30-26)31(2)3;2*3-2(4,5)1(6)7/h5-12,19,21,27H,4,13-18H2,1-3H3,(H,28,29,30);2*(H,6,7)/t19-,21+;;. The van der Waals surface area contributed by atoms with Crippen LogP contribution in [0.2, 0.25) is 0 Å². The third-order valence-electron chi connectivity index (χ3n) is 6.74. The van der Waals surface area contributed by atoms with E-state index in [0.717, 1.165) is 41.5 Å². The molecule has 0 saturated heterocycles. The molecule has 0 unspecified atom stereocenters. The quantitative estimate of drug-likeness (QED) is 0.199. The van der Waals surface area contributed by atoms with Gasteiger partial charge in [-0.2, -0.15) is 31.3 Å². The van der Waals surface area contributed by atoms with Gasteiger partial charge >= 0.3 is 24.3 Å². The van der Waals surface area contributed by atoms with Crippen molar-refractivity contribution in [2.24, 2.45) is 5.92 Å². The zero-order chi connectivity index (χ0) is 34.5. The Hall–Kier alpha value is -4.34. The second kappa shape index (κ2) is 17.4. The van der Waals surface area contributed by atoms with Crippen LogP contribution >= 0.6 is 0 Å². The molecular weight excluding hydrogens is 624 g/mol. The largest absolute Gasteiger partial charge is 0.494 e. The van der Waals surface area contributed by atoms with Crippen molar-refractivity contribution in [2.45, 2.75) is 57.5 Å². The Kier molecular flexibility index (Phi) is 14.3. The van der Waals surface area contributed by atoms with E-state index in [0.29, 0.717) is 18.6 Å². The lowest BCUT2D eigenvalue weighted by atomic mass is 9.86. The molecule has 1 fully saturated rings. The van der Waals surface area contributed by atoms with Crippen LogP contribution in [-0.2, 0) is 16.1 Å². The van der Waals surface area contributed by atoms with E-state index in [-0.39, 0.29) is 0 Å². The van der Waals surface area contributed by atoms with Crippen molar-refractivity contribution < 1.29 is 50.9 Å². The fraction of sp³-hybridized carbons (Fsp3) is 0.467. The SMILES string of the molecule is CCOc1ccccc1CN[C@H]1CC[C@@H](CNc2nc(N(C)C)c3ccccc3n2)CC1.O=C(O)C(F)(F)F.O=C(O)C(F)(F)F. The van der Waals surface area contributed by atoms with Crippen molar-refractivity contribution in [3.63, 3.8) is 0 Å². The van der Waals surface area contributed by atoms with E-state index in [2.05, 4.69) is 45.9 Å². The second-order valence-electron chi connectivity index (χ2n) is 10.4. The summed E-state index contributed by atoms with van der Waals surface area (Å²) >= 11 is 0.